The van der Waals surface area contributed by atoms with Crippen LogP contribution in [0.1, 0.15) is 35.3 Å². The van der Waals surface area contributed by atoms with Crippen molar-refractivity contribution in [3.8, 4) is 6.07 Å². The second-order valence-corrected chi connectivity index (χ2v) is 10.7. The zero-order chi connectivity index (χ0) is 20.3. The number of likely N-dealkylation sites (N-methyl/N-ethyl adjacent to an activating group) is 1. The predicted octanol–water partition coefficient (Wildman–Crippen LogP) is 0.672. The van der Waals surface area contributed by atoms with Crippen LogP contribution in [0, 0.1) is 11.3 Å². The molecule has 10 heteroatoms. The monoisotopic (exact) mass is 424 g/mol. The Morgan fingerprint density at radius 2 is 2.11 bits per heavy atom. The Kier molecular flexibility index (Phi) is 6.37. The quantitative estimate of drug-likeness (QED) is 0.664. The number of hydrogen-bond acceptors (Lipinski definition) is 7. The summed E-state index contributed by atoms with van der Waals surface area (Å²) in [5.74, 6) is -0.321. The maximum atomic E-state index is 12.2. The van der Waals surface area contributed by atoms with Crippen LogP contribution in [0.2, 0.25) is 0 Å². The van der Waals surface area contributed by atoms with Crippen LogP contribution < -0.4 is 10.6 Å². The van der Waals surface area contributed by atoms with Crippen molar-refractivity contribution in [3.63, 3.8) is 0 Å². The van der Waals surface area contributed by atoms with Gasteiger partial charge in [0.1, 0.15) is 11.1 Å². The Hall–Kier alpha value is -1.96. The second-order valence-electron chi connectivity index (χ2n) is 7.38. The molecule has 0 radical (unpaired) electrons. The third-order valence-electron chi connectivity index (χ3n) is 5.02. The van der Waals surface area contributed by atoms with Gasteiger partial charge < -0.3 is 10.6 Å². The van der Waals surface area contributed by atoms with Gasteiger partial charge in [-0.1, -0.05) is 0 Å². The summed E-state index contributed by atoms with van der Waals surface area (Å²) >= 11 is 1.48. The highest BCUT2D eigenvalue weighted by Gasteiger charge is 2.29. The third kappa shape index (κ3) is 5.10. The van der Waals surface area contributed by atoms with Crippen LogP contribution in [-0.4, -0.2) is 62.8 Å². The minimum Gasteiger partial charge on any atom is -0.351 e. The van der Waals surface area contributed by atoms with Crippen molar-refractivity contribution < 1.29 is 18.0 Å². The van der Waals surface area contributed by atoms with Gasteiger partial charge in [0.2, 0.25) is 11.8 Å². The number of fused-ring (bicyclic) bond motifs is 1. The van der Waals surface area contributed by atoms with E-state index in [9.17, 15) is 23.3 Å². The second kappa shape index (κ2) is 8.59. The number of sulfone groups is 1. The zero-order valence-electron chi connectivity index (χ0n) is 15.8. The normalized spacial score (nSPS) is 20.0. The van der Waals surface area contributed by atoms with E-state index in [4.69, 9.17) is 0 Å². The van der Waals surface area contributed by atoms with E-state index in [0.717, 1.165) is 24.8 Å². The number of aryl methyl sites for hydroxylation is 1. The molecule has 1 atom stereocenters. The smallest absolute Gasteiger partial charge is 0.234 e. The molecular weight excluding hydrogens is 400 g/mol. The van der Waals surface area contributed by atoms with Gasteiger partial charge >= 0.3 is 0 Å². The molecule has 0 bridgehead atoms. The first kappa shape index (κ1) is 20.8. The lowest BCUT2D eigenvalue weighted by Crippen LogP contribution is -2.42. The fourth-order valence-electron chi connectivity index (χ4n) is 3.60. The molecule has 3 rings (SSSR count). The van der Waals surface area contributed by atoms with Gasteiger partial charge in [0.15, 0.2) is 9.84 Å². The first-order valence-corrected chi connectivity index (χ1v) is 11.9. The number of carbonyl (C=O) groups is 2. The number of nitrogens with one attached hydrogen (secondary N) is 2. The maximum Gasteiger partial charge on any atom is 0.234 e. The van der Waals surface area contributed by atoms with Crippen LogP contribution in [0.5, 0.6) is 0 Å². The van der Waals surface area contributed by atoms with Gasteiger partial charge in [0, 0.05) is 23.9 Å². The molecule has 1 saturated heterocycles. The summed E-state index contributed by atoms with van der Waals surface area (Å²) in [6, 6.07) is 1.88. The van der Waals surface area contributed by atoms with Gasteiger partial charge in [-0.05, 0) is 38.3 Å². The topological polar surface area (TPSA) is 119 Å². The summed E-state index contributed by atoms with van der Waals surface area (Å²) in [7, 11) is -1.29. The summed E-state index contributed by atoms with van der Waals surface area (Å²) in [4.78, 5) is 27.2. The van der Waals surface area contributed by atoms with Crippen molar-refractivity contribution in [2.75, 3.05) is 37.0 Å². The van der Waals surface area contributed by atoms with E-state index in [-0.39, 0.29) is 42.3 Å². The van der Waals surface area contributed by atoms with Crippen molar-refractivity contribution in [3.05, 3.63) is 16.0 Å². The summed E-state index contributed by atoms with van der Waals surface area (Å²) in [6.07, 6.45) is 3.57. The number of amides is 2. The Labute approximate surface area is 168 Å². The fourth-order valence-corrected chi connectivity index (χ4v) is 6.53. The molecule has 28 heavy (non-hydrogen) atoms. The minimum absolute atomic E-state index is 0.00310. The van der Waals surface area contributed by atoms with Crippen LogP contribution in [0.25, 0.3) is 0 Å². The standard InChI is InChI=1S/C18H24N4O4S2/c1-22(10-17(24)20-12-6-8-28(25,26)11-12)7-5-16(23)21-18-14(9-19)13-3-2-4-15(13)27-18/h12H,2-8,10-11H2,1H3,(H,20,24)(H,21,23). The highest BCUT2D eigenvalue weighted by atomic mass is 32.2. The van der Waals surface area contributed by atoms with Gasteiger partial charge in [0.25, 0.3) is 0 Å². The molecule has 1 aromatic heterocycles. The van der Waals surface area contributed by atoms with Gasteiger partial charge in [-0.25, -0.2) is 8.42 Å². The van der Waals surface area contributed by atoms with Crippen LogP contribution in [0.3, 0.4) is 0 Å². The SMILES string of the molecule is CN(CCC(=O)Nc1sc2c(c1C#N)CCC2)CC(=O)NC1CCS(=O)(=O)C1. The van der Waals surface area contributed by atoms with Crippen LogP contribution in [-0.2, 0) is 32.3 Å². The third-order valence-corrected chi connectivity index (χ3v) is 7.99. The molecule has 152 valence electrons. The number of anilines is 1. The lowest BCUT2D eigenvalue weighted by Gasteiger charge is -2.17. The Morgan fingerprint density at radius 3 is 2.79 bits per heavy atom. The number of rotatable bonds is 7. The molecule has 1 aromatic rings. The molecule has 1 fully saturated rings. The van der Waals surface area contributed by atoms with E-state index in [1.165, 1.54) is 16.2 Å². The average Bonchev–Trinajstić information content (AvgIpc) is 3.27. The number of nitriles is 1. The average molecular weight is 425 g/mol. The van der Waals surface area contributed by atoms with E-state index in [1.54, 1.807) is 11.9 Å². The molecule has 2 N–H and O–H groups in total. The molecule has 2 aliphatic rings. The van der Waals surface area contributed by atoms with E-state index in [0.29, 0.717) is 23.5 Å². The lowest BCUT2D eigenvalue weighted by atomic mass is 10.1. The van der Waals surface area contributed by atoms with Crippen LogP contribution >= 0.6 is 11.3 Å². The Balaban J connectivity index is 1.42. The first-order chi connectivity index (χ1) is 13.3. The largest absolute Gasteiger partial charge is 0.351 e. The molecule has 1 unspecified atom stereocenters. The summed E-state index contributed by atoms with van der Waals surface area (Å²) < 4.78 is 22.9. The number of thiophene rings is 1. The molecule has 1 aliphatic heterocycles. The van der Waals surface area contributed by atoms with Crippen molar-refractivity contribution in [2.24, 2.45) is 0 Å². The summed E-state index contributed by atoms with van der Waals surface area (Å²) in [6.45, 7) is 0.482. The molecule has 0 spiro atoms. The van der Waals surface area contributed by atoms with E-state index < -0.39 is 9.84 Å². The summed E-state index contributed by atoms with van der Waals surface area (Å²) in [5, 5.41) is 15.6. The number of nitrogens with zero attached hydrogens (tertiary/aromatic N) is 2. The molecule has 1 aliphatic carbocycles. The van der Waals surface area contributed by atoms with Crippen molar-refractivity contribution >= 4 is 38.0 Å². The van der Waals surface area contributed by atoms with Crippen molar-refractivity contribution in [1.29, 1.82) is 5.26 Å². The van der Waals surface area contributed by atoms with Crippen molar-refractivity contribution in [1.82, 2.24) is 10.2 Å². The summed E-state index contributed by atoms with van der Waals surface area (Å²) in [5.41, 5.74) is 1.66. The van der Waals surface area contributed by atoms with E-state index in [1.807, 2.05) is 0 Å². The molecule has 0 aromatic carbocycles. The van der Waals surface area contributed by atoms with Gasteiger partial charge in [-0.2, -0.15) is 5.26 Å². The molecule has 8 nitrogen and oxygen atoms in total. The first-order valence-electron chi connectivity index (χ1n) is 9.30. The zero-order valence-corrected chi connectivity index (χ0v) is 17.4. The minimum atomic E-state index is -3.03. The van der Waals surface area contributed by atoms with Crippen LogP contribution in [0.15, 0.2) is 0 Å². The van der Waals surface area contributed by atoms with Crippen molar-refractivity contribution in [2.45, 2.75) is 38.1 Å². The molecule has 0 saturated carbocycles. The number of hydrogen-bond donors (Lipinski definition) is 2. The van der Waals surface area contributed by atoms with E-state index in [2.05, 4.69) is 16.7 Å². The molecular formula is C18H24N4O4S2. The highest BCUT2D eigenvalue weighted by Crippen LogP contribution is 2.38. The van der Waals surface area contributed by atoms with Crippen LogP contribution in [0.4, 0.5) is 5.00 Å². The Bertz CT molecular complexity index is 917. The van der Waals surface area contributed by atoms with E-state index >= 15 is 0 Å². The molecule has 2 heterocycles. The highest BCUT2D eigenvalue weighted by molar-refractivity contribution is 7.91. The van der Waals surface area contributed by atoms with Gasteiger partial charge in [0.05, 0.1) is 23.6 Å². The maximum absolute atomic E-state index is 12.2. The fraction of sp³-hybridized carbons (Fsp3) is 0.611. The predicted molar refractivity (Wildman–Crippen MR) is 107 cm³/mol. The molecule has 2 amide bonds. The van der Waals surface area contributed by atoms with Gasteiger partial charge in [-0.3, -0.25) is 14.5 Å². The van der Waals surface area contributed by atoms with Gasteiger partial charge in [-0.15, -0.1) is 11.3 Å². The number of carbonyl (C=O) groups excluding carboxylic acids is 2. The Morgan fingerprint density at radius 1 is 1.32 bits per heavy atom. The lowest BCUT2D eigenvalue weighted by molar-refractivity contribution is -0.123.